The molecule has 0 radical (unpaired) electrons. The second-order valence-electron chi connectivity index (χ2n) is 8.73. The first kappa shape index (κ1) is 25.9. The molecule has 0 saturated carbocycles. The van der Waals surface area contributed by atoms with Gasteiger partial charge in [-0.05, 0) is 25.2 Å². The second-order valence-corrected chi connectivity index (χ2v) is 8.73. The summed E-state index contributed by atoms with van der Waals surface area (Å²) < 4.78 is 0. The molecule has 0 aromatic rings. The summed E-state index contributed by atoms with van der Waals surface area (Å²) >= 11 is 0. The van der Waals surface area contributed by atoms with Crippen molar-refractivity contribution in [2.75, 3.05) is 19.6 Å². The Labute approximate surface area is 191 Å². The van der Waals surface area contributed by atoms with Crippen molar-refractivity contribution in [2.24, 2.45) is 17.6 Å². The molecular weight excluding hydrogens is 436 g/mol. The van der Waals surface area contributed by atoms with Gasteiger partial charge < -0.3 is 36.4 Å². The van der Waals surface area contributed by atoms with Gasteiger partial charge in [-0.25, -0.2) is 4.79 Å². The highest BCUT2D eigenvalue weighted by Crippen LogP contribution is 2.25. The zero-order valence-corrected chi connectivity index (χ0v) is 18.7. The molecule has 0 bridgehead atoms. The van der Waals surface area contributed by atoms with Crippen LogP contribution in [0.25, 0.3) is 0 Å². The molecule has 2 saturated heterocycles. The van der Waals surface area contributed by atoms with E-state index in [0.717, 1.165) is 0 Å². The number of carbonyl (C=O) groups excluding carboxylic acids is 3. The van der Waals surface area contributed by atoms with Gasteiger partial charge in [0, 0.05) is 19.6 Å². The summed E-state index contributed by atoms with van der Waals surface area (Å²) in [7, 11) is 0. The van der Waals surface area contributed by atoms with Crippen LogP contribution in [-0.2, 0) is 24.0 Å². The number of nitrogens with two attached hydrogens (primary N) is 1. The monoisotopic (exact) mass is 468 g/mol. The number of hydrogen-bond acceptors (Lipinski definition) is 6. The Morgan fingerprint density at radius 1 is 1.09 bits per heavy atom. The number of aliphatic carboxylic acids is 2. The van der Waals surface area contributed by atoms with Crippen LogP contribution in [0.5, 0.6) is 0 Å². The van der Waals surface area contributed by atoms with Crippen LogP contribution in [0.3, 0.4) is 0 Å². The van der Waals surface area contributed by atoms with E-state index >= 15 is 0 Å². The van der Waals surface area contributed by atoms with Gasteiger partial charge in [0.05, 0.1) is 12.3 Å². The minimum absolute atomic E-state index is 0.117. The highest BCUT2D eigenvalue weighted by Gasteiger charge is 2.42. The van der Waals surface area contributed by atoms with Gasteiger partial charge in [-0.3, -0.25) is 24.6 Å². The molecular formula is C20H32N6O7. The first-order chi connectivity index (χ1) is 15.4. The van der Waals surface area contributed by atoms with Crippen molar-refractivity contribution in [3.8, 4) is 0 Å². The van der Waals surface area contributed by atoms with Crippen LogP contribution in [0.2, 0.25) is 0 Å². The molecule has 0 aliphatic carbocycles. The lowest BCUT2D eigenvalue weighted by molar-refractivity contribution is -0.152. The summed E-state index contributed by atoms with van der Waals surface area (Å²) in [6.45, 7) is 4.38. The summed E-state index contributed by atoms with van der Waals surface area (Å²) in [5, 5.41) is 30.6. The zero-order chi connectivity index (χ0) is 24.9. The Morgan fingerprint density at radius 3 is 2.24 bits per heavy atom. The number of nitrogens with one attached hydrogen (secondary N) is 3. The molecule has 33 heavy (non-hydrogen) atoms. The quantitative estimate of drug-likeness (QED) is 0.169. The number of likely N-dealkylation sites (tertiary alicyclic amines) is 2. The van der Waals surface area contributed by atoms with Crippen LogP contribution in [0.15, 0.2) is 0 Å². The maximum Gasteiger partial charge on any atom is 0.326 e. The van der Waals surface area contributed by atoms with Gasteiger partial charge >= 0.3 is 11.9 Å². The third-order valence-corrected chi connectivity index (χ3v) is 5.96. The van der Waals surface area contributed by atoms with Crippen molar-refractivity contribution in [3.05, 3.63) is 0 Å². The van der Waals surface area contributed by atoms with Crippen molar-refractivity contribution in [3.63, 3.8) is 0 Å². The fourth-order valence-corrected chi connectivity index (χ4v) is 3.97. The van der Waals surface area contributed by atoms with Gasteiger partial charge in [0.15, 0.2) is 5.96 Å². The van der Waals surface area contributed by atoms with Crippen molar-refractivity contribution < 1.29 is 34.2 Å². The lowest BCUT2D eigenvalue weighted by Crippen LogP contribution is -2.63. The number of hydrogen-bond donors (Lipinski definition) is 6. The molecule has 13 nitrogen and oxygen atoms in total. The molecule has 2 heterocycles. The van der Waals surface area contributed by atoms with E-state index < -0.39 is 60.1 Å². The molecule has 3 amide bonds. The van der Waals surface area contributed by atoms with Crippen molar-refractivity contribution >= 4 is 35.6 Å². The Bertz CT molecular complexity index is 817. The summed E-state index contributed by atoms with van der Waals surface area (Å²) in [6.07, 6.45) is 0.899. The van der Waals surface area contributed by atoms with Gasteiger partial charge in [0.25, 0.3) is 0 Å². The summed E-state index contributed by atoms with van der Waals surface area (Å²) in [5.74, 6) is -5.47. The lowest BCUT2D eigenvalue weighted by atomic mass is 9.92. The number of piperidine rings is 1. The Morgan fingerprint density at radius 2 is 1.76 bits per heavy atom. The maximum absolute atomic E-state index is 12.9. The second kappa shape index (κ2) is 11.0. The average Bonchev–Trinajstić information content (AvgIpc) is 2.69. The molecule has 7 N–H and O–H groups in total. The van der Waals surface area contributed by atoms with Gasteiger partial charge in [0.2, 0.25) is 17.7 Å². The van der Waals surface area contributed by atoms with Crippen molar-refractivity contribution in [1.29, 1.82) is 5.41 Å². The zero-order valence-electron chi connectivity index (χ0n) is 18.7. The minimum atomic E-state index is -1.49. The number of rotatable bonds is 9. The van der Waals surface area contributed by atoms with Gasteiger partial charge in [0.1, 0.15) is 18.1 Å². The summed E-state index contributed by atoms with van der Waals surface area (Å²) in [4.78, 5) is 63.8. The number of amides is 3. The lowest BCUT2D eigenvalue weighted by Gasteiger charge is -2.43. The smallest absolute Gasteiger partial charge is 0.326 e. The fraction of sp³-hybridized carbons (Fsp3) is 0.700. The van der Waals surface area contributed by atoms with Crippen LogP contribution in [-0.4, -0.2) is 93.4 Å². The Hall–Kier alpha value is -3.38. The number of carboxylic acid groups (broad SMARTS) is 2. The molecule has 4 atom stereocenters. The van der Waals surface area contributed by atoms with E-state index in [1.54, 1.807) is 18.7 Å². The van der Waals surface area contributed by atoms with E-state index in [0.29, 0.717) is 32.4 Å². The molecule has 2 aliphatic rings. The standard InChI is InChI=1S/C20H32N6O7/c1-10(2)15(19(32)33)24-16(29)12(8-14(27)28)23-17(30)13-5-7-26(13)18(31)11-4-3-6-25(9-11)20(21)22/h10-13,15H,3-9H2,1-2H3,(H3,21,22)(H,23,30)(H,24,29)(H,27,28)(H,32,33)/t11?,12-,13?,15-/m0/s1. The molecule has 2 unspecified atom stereocenters. The number of nitrogens with zero attached hydrogens (tertiary/aromatic N) is 2. The van der Waals surface area contributed by atoms with Crippen molar-refractivity contribution in [1.82, 2.24) is 20.4 Å². The number of guanidine groups is 1. The van der Waals surface area contributed by atoms with Gasteiger partial charge in [-0.2, -0.15) is 0 Å². The van der Waals surface area contributed by atoms with Crippen LogP contribution in [0.1, 0.15) is 39.5 Å². The Kier molecular flexibility index (Phi) is 8.60. The SMILES string of the molecule is CC(C)[C@H](NC(=O)[C@H](CC(=O)O)NC(=O)C1CCN1C(=O)C1CCCN(C(=N)N)C1)C(=O)O. The van der Waals surface area contributed by atoms with E-state index in [-0.39, 0.29) is 18.4 Å². The van der Waals surface area contributed by atoms with Crippen LogP contribution in [0.4, 0.5) is 0 Å². The van der Waals surface area contributed by atoms with E-state index in [1.807, 2.05) is 0 Å². The maximum atomic E-state index is 12.9. The molecule has 184 valence electrons. The first-order valence-corrected chi connectivity index (χ1v) is 10.9. The molecule has 2 rings (SSSR count). The first-order valence-electron chi connectivity index (χ1n) is 10.9. The molecule has 0 aromatic carbocycles. The summed E-state index contributed by atoms with van der Waals surface area (Å²) in [5.41, 5.74) is 5.52. The van der Waals surface area contributed by atoms with Crippen LogP contribution in [0, 0.1) is 17.2 Å². The molecule has 2 fully saturated rings. The number of carboxylic acids is 2. The van der Waals surface area contributed by atoms with Crippen LogP contribution >= 0.6 is 0 Å². The highest BCUT2D eigenvalue weighted by molar-refractivity contribution is 5.96. The normalized spacial score (nSPS) is 22.0. The van der Waals surface area contributed by atoms with E-state index in [4.69, 9.17) is 16.2 Å². The van der Waals surface area contributed by atoms with Crippen LogP contribution < -0.4 is 16.4 Å². The third-order valence-electron chi connectivity index (χ3n) is 5.96. The van der Waals surface area contributed by atoms with E-state index in [1.165, 1.54) is 4.90 Å². The van der Waals surface area contributed by atoms with Crippen molar-refractivity contribution in [2.45, 2.75) is 57.7 Å². The molecule has 0 spiro atoms. The van der Waals surface area contributed by atoms with E-state index in [9.17, 15) is 29.1 Å². The Balaban J connectivity index is 2.04. The molecule has 0 aromatic heterocycles. The number of carbonyl (C=O) groups is 5. The minimum Gasteiger partial charge on any atom is -0.481 e. The highest BCUT2D eigenvalue weighted by atomic mass is 16.4. The summed E-state index contributed by atoms with van der Waals surface area (Å²) in [6, 6.07) is -3.59. The van der Waals surface area contributed by atoms with Gasteiger partial charge in [-0.1, -0.05) is 13.8 Å². The van der Waals surface area contributed by atoms with E-state index in [2.05, 4.69) is 10.6 Å². The van der Waals surface area contributed by atoms with Gasteiger partial charge in [-0.15, -0.1) is 0 Å². The predicted octanol–water partition coefficient (Wildman–Crippen LogP) is -1.62. The average molecular weight is 469 g/mol. The molecule has 2 aliphatic heterocycles. The largest absolute Gasteiger partial charge is 0.481 e. The topological polar surface area (TPSA) is 206 Å². The molecule has 13 heteroatoms. The fourth-order valence-electron chi connectivity index (χ4n) is 3.97. The predicted molar refractivity (Wildman–Crippen MR) is 115 cm³/mol. The third kappa shape index (κ3) is 6.56.